The van der Waals surface area contributed by atoms with Crippen LogP contribution in [0, 0.1) is 5.92 Å². The highest BCUT2D eigenvalue weighted by atomic mass is 35.5. The van der Waals surface area contributed by atoms with Gasteiger partial charge in [-0.25, -0.2) is 0 Å². The summed E-state index contributed by atoms with van der Waals surface area (Å²) in [5, 5.41) is 1.30. The predicted molar refractivity (Wildman–Crippen MR) is 88.4 cm³/mol. The Labute approximate surface area is 137 Å². The van der Waals surface area contributed by atoms with Gasteiger partial charge in [0.15, 0.2) is 0 Å². The summed E-state index contributed by atoms with van der Waals surface area (Å²) < 4.78 is 5.79. The number of fused-ring (bicyclic) bond motifs is 2. The number of nitrogens with zero attached hydrogens (tertiary/aromatic N) is 1. The molecule has 2 heterocycles. The van der Waals surface area contributed by atoms with Crippen molar-refractivity contribution in [3.63, 3.8) is 0 Å². The van der Waals surface area contributed by atoms with Gasteiger partial charge in [0, 0.05) is 24.6 Å². The molecule has 21 heavy (non-hydrogen) atoms. The van der Waals surface area contributed by atoms with E-state index in [4.69, 9.17) is 27.9 Å². The molecular formula is C17H23Cl2NO. The van der Waals surface area contributed by atoms with Gasteiger partial charge in [-0.3, -0.25) is 0 Å². The van der Waals surface area contributed by atoms with Crippen LogP contribution < -0.4 is 0 Å². The van der Waals surface area contributed by atoms with Gasteiger partial charge in [-0.1, -0.05) is 29.3 Å². The van der Waals surface area contributed by atoms with Gasteiger partial charge in [0.25, 0.3) is 0 Å². The summed E-state index contributed by atoms with van der Waals surface area (Å²) in [5.41, 5.74) is 1.32. The molecular weight excluding hydrogens is 305 g/mol. The van der Waals surface area contributed by atoms with Gasteiger partial charge in [0.1, 0.15) is 0 Å². The Hall–Kier alpha value is -0.280. The lowest BCUT2D eigenvalue weighted by Crippen LogP contribution is -2.47. The van der Waals surface area contributed by atoms with Crippen molar-refractivity contribution in [2.75, 3.05) is 20.3 Å². The lowest BCUT2D eigenvalue weighted by atomic mass is 9.76. The smallest absolute Gasteiger partial charge is 0.0595 e. The SMILES string of the molecule is CCOC[C@@H]1C(c2ccc(Cl)c(Cl)c2)C[C@H]2CC[C@@H]1N2C. The standard InChI is InChI=1S/C17H23Cl2NO/c1-3-21-10-14-13(9-12-5-7-17(14)20(12)2)11-4-6-15(18)16(19)8-11/h4,6,8,12-14,17H,3,5,7,9-10H2,1-2H3/t12-,13?,14-,17+/m1/s1. The molecule has 3 rings (SSSR count). The molecule has 1 aromatic rings. The first-order chi connectivity index (χ1) is 10.1. The van der Waals surface area contributed by atoms with Crippen molar-refractivity contribution in [2.45, 2.75) is 44.2 Å². The minimum atomic E-state index is 0.528. The van der Waals surface area contributed by atoms with Gasteiger partial charge >= 0.3 is 0 Å². The zero-order chi connectivity index (χ0) is 15.0. The van der Waals surface area contributed by atoms with Crippen molar-refractivity contribution in [1.82, 2.24) is 4.90 Å². The summed E-state index contributed by atoms with van der Waals surface area (Å²) >= 11 is 12.3. The average Bonchev–Trinajstić information content (AvgIpc) is 2.72. The van der Waals surface area contributed by atoms with E-state index in [1.54, 1.807) is 0 Å². The first-order valence-electron chi connectivity index (χ1n) is 7.86. The highest BCUT2D eigenvalue weighted by Crippen LogP contribution is 2.46. The lowest BCUT2D eigenvalue weighted by Gasteiger charge is -2.43. The number of rotatable bonds is 4. The fraction of sp³-hybridized carbons (Fsp3) is 0.647. The predicted octanol–water partition coefficient (Wildman–Crippen LogP) is 4.60. The van der Waals surface area contributed by atoms with Crippen LogP contribution in [0.4, 0.5) is 0 Å². The Balaban J connectivity index is 1.88. The first kappa shape index (κ1) is 15.6. The van der Waals surface area contributed by atoms with Crippen molar-refractivity contribution in [1.29, 1.82) is 0 Å². The Bertz CT molecular complexity index is 508. The number of benzene rings is 1. The fourth-order valence-corrected chi connectivity index (χ4v) is 4.49. The monoisotopic (exact) mass is 327 g/mol. The van der Waals surface area contributed by atoms with E-state index in [1.807, 2.05) is 6.07 Å². The van der Waals surface area contributed by atoms with Crippen molar-refractivity contribution in [3.8, 4) is 0 Å². The molecule has 0 amide bonds. The van der Waals surface area contributed by atoms with E-state index in [2.05, 4.69) is 31.0 Å². The maximum Gasteiger partial charge on any atom is 0.0595 e. The fourth-order valence-electron chi connectivity index (χ4n) is 4.18. The number of ether oxygens (including phenoxy) is 1. The number of hydrogen-bond donors (Lipinski definition) is 0. The van der Waals surface area contributed by atoms with Crippen LogP contribution in [0.15, 0.2) is 18.2 Å². The normalized spacial score (nSPS) is 32.6. The Kier molecular flexibility index (Phi) is 4.80. The molecule has 0 saturated carbocycles. The molecule has 2 saturated heterocycles. The van der Waals surface area contributed by atoms with Crippen LogP contribution in [0.25, 0.3) is 0 Å². The number of hydrogen-bond acceptors (Lipinski definition) is 2. The Morgan fingerprint density at radius 3 is 2.76 bits per heavy atom. The zero-order valence-corrected chi connectivity index (χ0v) is 14.2. The lowest BCUT2D eigenvalue weighted by molar-refractivity contribution is 0.0253. The van der Waals surface area contributed by atoms with Crippen LogP contribution >= 0.6 is 23.2 Å². The summed E-state index contributed by atoms with van der Waals surface area (Å²) in [7, 11) is 2.27. The molecule has 2 aliphatic heterocycles. The van der Waals surface area contributed by atoms with Gasteiger partial charge < -0.3 is 9.64 Å². The highest BCUT2D eigenvalue weighted by Gasteiger charge is 2.45. The molecule has 0 aliphatic carbocycles. The van der Waals surface area contributed by atoms with Crippen molar-refractivity contribution in [3.05, 3.63) is 33.8 Å². The third-order valence-electron chi connectivity index (χ3n) is 5.32. The molecule has 116 valence electrons. The molecule has 2 bridgehead atoms. The minimum absolute atomic E-state index is 0.528. The van der Waals surface area contributed by atoms with Crippen molar-refractivity contribution in [2.24, 2.45) is 5.92 Å². The highest BCUT2D eigenvalue weighted by molar-refractivity contribution is 6.42. The van der Waals surface area contributed by atoms with Gasteiger partial charge in [0.2, 0.25) is 0 Å². The van der Waals surface area contributed by atoms with Crippen molar-refractivity contribution >= 4 is 23.2 Å². The van der Waals surface area contributed by atoms with E-state index >= 15 is 0 Å². The molecule has 2 nitrogen and oxygen atoms in total. The molecule has 2 aliphatic rings. The summed E-state index contributed by atoms with van der Waals surface area (Å²) in [5.74, 6) is 1.07. The van der Waals surface area contributed by atoms with Crippen LogP contribution in [0.2, 0.25) is 10.0 Å². The van der Waals surface area contributed by atoms with Crippen LogP contribution in [-0.4, -0.2) is 37.2 Å². The van der Waals surface area contributed by atoms with E-state index in [9.17, 15) is 0 Å². The topological polar surface area (TPSA) is 12.5 Å². The summed E-state index contributed by atoms with van der Waals surface area (Å²) in [6, 6.07) is 7.46. The van der Waals surface area contributed by atoms with E-state index in [-0.39, 0.29) is 0 Å². The number of piperidine rings is 1. The largest absolute Gasteiger partial charge is 0.381 e. The Morgan fingerprint density at radius 1 is 1.24 bits per heavy atom. The number of halogens is 2. The van der Waals surface area contributed by atoms with Crippen LogP contribution in [0.5, 0.6) is 0 Å². The molecule has 4 heteroatoms. The van der Waals surface area contributed by atoms with E-state index in [0.717, 1.165) is 13.2 Å². The zero-order valence-electron chi connectivity index (χ0n) is 12.7. The van der Waals surface area contributed by atoms with Gasteiger partial charge in [-0.05, 0) is 56.8 Å². The maximum atomic E-state index is 6.23. The molecule has 1 unspecified atom stereocenters. The second kappa shape index (κ2) is 6.45. The van der Waals surface area contributed by atoms with Crippen LogP contribution in [0.3, 0.4) is 0 Å². The second-order valence-electron chi connectivity index (χ2n) is 6.30. The van der Waals surface area contributed by atoms with E-state index in [1.165, 1.54) is 24.8 Å². The summed E-state index contributed by atoms with van der Waals surface area (Å²) in [6.07, 6.45) is 3.79. The van der Waals surface area contributed by atoms with Crippen LogP contribution in [0.1, 0.15) is 37.7 Å². The Morgan fingerprint density at radius 2 is 2.05 bits per heavy atom. The molecule has 2 fully saturated rings. The third-order valence-corrected chi connectivity index (χ3v) is 6.06. The summed E-state index contributed by atoms with van der Waals surface area (Å²) in [6.45, 7) is 3.69. The van der Waals surface area contributed by atoms with E-state index in [0.29, 0.717) is 34.0 Å². The van der Waals surface area contributed by atoms with Gasteiger partial charge in [-0.2, -0.15) is 0 Å². The second-order valence-corrected chi connectivity index (χ2v) is 7.12. The quantitative estimate of drug-likeness (QED) is 0.801. The average molecular weight is 328 g/mol. The van der Waals surface area contributed by atoms with Gasteiger partial charge in [-0.15, -0.1) is 0 Å². The minimum Gasteiger partial charge on any atom is -0.381 e. The van der Waals surface area contributed by atoms with Crippen molar-refractivity contribution < 1.29 is 4.74 Å². The first-order valence-corrected chi connectivity index (χ1v) is 8.62. The maximum absolute atomic E-state index is 6.23. The molecule has 1 aromatic carbocycles. The molecule has 0 N–H and O–H groups in total. The third kappa shape index (κ3) is 2.96. The van der Waals surface area contributed by atoms with Crippen LogP contribution in [-0.2, 0) is 4.74 Å². The molecule has 0 aromatic heterocycles. The molecule has 4 atom stereocenters. The van der Waals surface area contributed by atoms with E-state index < -0.39 is 0 Å². The summed E-state index contributed by atoms with van der Waals surface area (Å²) in [4.78, 5) is 2.57. The van der Waals surface area contributed by atoms with Gasteiger partial charge in [0.05, 0.1) is 16.7 Å². The molecule has 0 spiro atoms. The molecule has 0 radical (unpaired) electrons.